The minimum absolute atomic E-state index is 0.303. The fourth-order valence-electron chi connectivity index (χ4n) is 0.412. The highest BCUT2D eigenvalue weighted by atomic mass is 16.4. The van der Waals surface area contributed by atoms with Crippen molar-refractivity contribution < 1.29 is 9.90 Å². The number of rotatable bonds is 3. The third-order valence-electron chi connectivity index (χ3n) is 0.936. The predicted octanol–water partition coefficient (Wildman–Crippen LogP) is 2.53. The topological polar surface area (TPSA) is 37.3 Å². The van der Waals surface area contributed by atoms with Crippen LogP contribution in [0.2, 0.25) is 0 Å². The number of carbonyl (C=O) groups is 1. The first kappa shape index (κ1) is 12.2. The number of aliphatic carboxylic acids is 1. The van der Waals surface area contributed by atoms with Gasteiger partial charge in [-0.05, 0) is 12.3 Å². The molecule has 0 aliphatic rings. The molecule has 0 spiro atoms. The van der Waals surface area contributed by atoms with E-state index in [1.165, 1.54) is 0 Å². The van der Waals surface area contributed by atoms with Gasteiger partial charge in [0.15, 0.2) is 0 Å². The molecule has 0 atom stereocenters. The van der Waals surface area contributed by atoms with Crippen molar-refractivity contribution in [1.29, 1.82) is 0 Å². The van der Waals surface area contributed by atoms with Crippen LogP contribution in [0.1, 0.15) is 40.5 Å². The maximum absolute atomic E-state index is 9.90. The zero-order valence-electron chi connectivity index (χ0n) is 7.35. The summed E-state index contributed by atoms with van der Waals surface area (Å²) in [5.41, 5.74) is 0. The number of hydrogen-bond acceptors (Lipinski definition) is 1. The largest absolute Gasteiger partial charge is 0.481 e. The molecule has 0 heterocycles. The van der Waals surface area contributed by atoms with Gasteiger partial charge in [-0.3, -0.25) is 4.79 Å². The van der Waals surface area contributed by atoms with Crippen LogP contribution < -0.4 is 0 Å². The average Bonchev–Trinajstić information content (AvgIpc) is 1.89. The molecule has 0 rings (SSSR count). The second kappa shape index (κ2) is 8.47. The van der Waals surface area contributed by atoms with E-state index in [1.807, 2.05) is 27.7 Å². The predicted molar refractivity (Wildman–Crippen MR) is 43.1 cm³/mol. The summed E-state index contributed by atoms with van der Waals surface area (Å²) in [6, 6.07) is 0. The molecular weight excluding hydrogens is 128 g/mol. The Bertz CT molecular complexity index is 77.3. The van der Waals surface area contributed by atoms with E-state index in [1.54, 1.807) is 0 Å². The van der Waals surface area contributed by atoms with Gasteiger partial charge in [-0.1, -0.05) is 27.7 Å². The zero-order chi connectivity index (χ0) is 8.57. The maximum atomic E-state index is 9.90. The lowest BCUT2D eigenvalue weighted by Gasteiger charge is -1.97. The van der Waals surface area contributed by atoms with Crippen LogP contribution in [-0.2, 0) is 4.79 Å². The van der Waals surface area contributed by atoms with E-state index in [0.29, 0.717) is 12.3 Å². The van der Waals surface area contributed by atoms with E-state index in [0.717, 1.165) is 6.42 Å². The molecule has 2 nitrogen and oxygen atoms in total. The molecular formula is C8H18O2. The maximum Gasteiger partial charge on any atom is 0.303 e. The summed E-state index contributed by atoms with van der Waals surface area (Å²) in [7, 11) is 0. The third kappa shape index (κ3) is 15.6. The summed E-state index contributed by atoms with van der Waals surface area (Å²) in [5, 5.41) is 8.16. The molecule has 0 amide bonds. The van der Waals surface area contributed by atoms with Crippen LogP contribution >= 0.6 is 0 Å². The summed E-state index contributed by atoms with van der Waals surface area (Å²) in [6.45, 7) is 8.03. The molecule has 0 radical (unpaired) electrons. The second-order valence-electron chi connectivity index (χ2n) is 2.33. The Morgan fingerprint density at radius 3 is 1.90 bits per heavy atom. The SMILES string of the molecule is CC.CC(C)CCC(=O)O. The van der Waals surface area contributed by atoms with Gasteiger partial charge >= 0.3 is 5.97 Å². The van der Waals surface area contributed by atoms with Crippen molar-refractivity contribution in [2.75, 3.05) is 0 Å². The quantitative estimate of drug-likeness (QED) is 0.664. The summed E-state index contributed by atoms with van der Waals surface area (Å²) in [6.07, 6.45) is 1.09. The molecule has 0 aromatic carbocycles. The smallest absolute Gasteiger partial charge is 0.303 e. The van der Waals surface area contributed by atoms with Crippen molar-refractivity contribution in [3.8, 4) is 0 Å². The normalized spacial score (nSPS) is 8.50. The van der Waals surface area contributed by atoms with Gasteiger partial charge in [0, 0.05) is 6.42 Å². The molecule has 2 heteroatoms. The Morgan fingerprint density at radius 2 is 1.80 bits per heavy atom. The van der Waals surface area contributed by atoms with Gasteiger partial charge in [-0.25, -0.2) is 0 Å². The molecule has 0 aliphatic heterocycles. The van der Waals surface area contributed by atoms with Crippen molar-refractivity contribution in [2.45, 2.75) is 40.5 Å². The van der Waals surface area contributed by atoms with Gasteiger partial charge in [-0.2, -0.15) is 0 Å². The van der Waals surface area contributed by atoms with E-state index in [4.69, 9.17) is 5.11 Å². The lowest BCUT2D eigenvalue weighted by Crippen LogP contribution is -1.97. The Balaban J connectivity index is 0. The molecule has 0 aliphatic carbocycles. The minimum atomic E-state index is -0.696. The van der Waals surface area contributed by atoms with Gasteiger partial charge in [0.05, 0.1) is 0 Å². The molecule has 10 heavy (non-hydrogen) atoms. The molecule has 0 aromatic heterocycles. The minimum Gasteiger partial charge on any atom is -0.481 e. The molecule has 62 valence electrons. The van der Waals surface area contributed by atoms with Crippen molar-refractivity contribution >= 4 is 5.97 Å². The highest BCUT2D eigenvalue weighted by Crippen LogP contribution is 2.01. The van der Waals surface area contributed by atoms with Crippen LogP contribution in [0.4, 0.5) is 0 Å². The molecule has 0 fully saturated rings. The van der Waals surface area contributed by atoms with Gasteiger partial charge in [0.2, 0.25) is 0 Å². The Hall–Kier alpha value is -0.530. The first-order valence-electron chi connectivity index (χ1n) is 3.84. The van der Waals surface area contributed by atoms with Crippen LogP contribution in [0.25, 0.3) is 0 Å². The van der Waals surface area contributed by atoms with E-state index in [2.05, 4.69) is 0 Å². The summed E-state index contributed by atoms with van der Waals surface area (Å²) < 4.78 is 0. The van der Waals surface area contributed by atoms with Gasteiger partial charge < -0.3 is 5.11 Å². The fraction of sp³-hybridized carbons (Fsp3) is 0.875. The van der Waals surface area contributed by atoms with Gasteiger partial charge in [-0.15, -0.1) is 0 Å². The van der Waals surface area contributed by atoms with Crippen molar-refractivity contribution in [3.63, 3.8) is 0 Å². The van der Waals surface area contributed by atoms with E-state index < -0.39 is 5.97 Å². The fourth-order valence-corrected chi connectivity index (χ4v) is 0.412. The number of hydrogen-bond donors (Lipinski definition) is 1. The highest BCUT2D eigenvalue weighted by Gasteiger charge is 1.97. The lowest BCUT2D eigenvalue weighted by molar-refractivity contribution is -0.137. The summed E-state index contributed by atoms with van der Waals surface area (Å²) in [5.74, 6) is -0.190. The average molecular weight is 146 g/mol. The van der Waals surface area contributed by atoms with Gasteiger partial charge in [0.25, 0.3) is 0 Å². The monoisotopic (exact) mass is 146 g/mol. The van der Waals surface area contributed by atoms with Crippen LogP contribution in [0.15, 0.2) is 0 Å². The lowest BCUT2D eigenvalue weighted by atomic mass is 10.1. The van der Waals surface area contributed by atoms with E-state index in [9.17, 15) is 4.79 Å². The Kier molecular flexibility index (Phi) is 10.3. The first-order valence-corrected chi connectivity index (χ1v) is 3.84. The van der Waals surface area contributed by atoms with E-state index in [-0.39, 0.29) is 0 Å². The molecule has 0 bridgehead atoms. The molecule has 0 saturated heterocycles. The van der Waals surface area contributed by atoms with Crippen LogP contribution in [-0.4, -0.2) is 11.1 Å². The van der Waals surface area contributed by atoms with Crippen LogP contribution in [0, 0.1) is 5.92 Å². The van der Waals surface area contributed by atoms with Crippen molar-refractivity contribution in [1.82, 2.24) is 0 Å². The third-order valence-corrected chi connectivity index (χ3v) is 0.936. The molecule has 0 unspecified atom stereocenters. The van der Waals surface area contributed by atoms with E-state index >= 15 is 0 Å². The Morgan fingerprint density at radius 1 is 1.40 bits per heavy atom. The Labute approximate surface area is 63.3 Å². The van der Waals surface area contributed by atoms with Crippen LogP contribution in [0.3, 0.4) is 0 Å². The first-order chi connectivity index (χ1) is 4.63. The van der Waals surface area contributed by atoms with Crippen molar-refractivity contribution in [2.24, 2.45) is 5.92 Å². The van der Waals surface area contributed by atoms with Gasteiger partial charge in [0.1, 0.15) is 0 Å². The summed E-state index contributed by atoms with van der Waals surface area (Å²) in [4.78, 5) is 9.90. The molecule has 1 N–H and O–H groups in total. The summed E-state index contributed by atoms with van der Waals surface area (Å²) >= 11 is 0. The molecule has 0 aromatic rings. The molecule has 0 saturated carbocycles. The highest BCUT2D eigenvalue weighted by molar-refractivity contribution is 5.66. The standard InChI is InChI=1S/C6H12O2.C2H6/c1-5(2)3-4-6(7)8;1-2/h5H,3-4H2,1-2H3,(H,7,8);1-2H3. The number of carboxylic acid groups (broad SMARTS) is 1. The van der Waals surface area contributed by atoms with Crippen LogP contribution in [0.5, 0.6) is 0 Å². The second-order valence-corrected chi connectivity index (χ2v) is 2.33. The van der Waals surface area contributed by atoms with Crippen molar-refractivity contribution in [3.05, 3.63) is 0 Å². The zero-order valence-corrected chi connectivity index (χ0v) is 7.35. The number of carboxylic acids is 1.